The average molecular weight is 261 g/mol. The van der Waals surface area contributed by atoms with E-state index in [1.807, 2.05) is 0 Å². The van der Waals surface area contributed by atoms with Gasteiger partial charge in [-0.05, 0) is 40.0 Å². The molecule has 14 heavy (non-hydrogen) atoms. The summed E-state index contributed by atoms with van der Waals surface area (Å²) >= 11 is 3.08. The standard InChI is InChI=1S/C10H10BrFO2/c1-14-10(13)5-3-7-2-4-9(12)8(11)6-7/h2,4,6H,3,5H2,1H3. The van der Waals surface area contributed by atoms with Gasteiger partial charge in [-0.1, -0.05) is 6.07 Å². The van der Waals surface area contributed by atoms with Gasteiger partial charge in [0.2, 0.25) is 0 Å². The van der Waals surface area contributed by atoms with Gasteiger partial charge in [-0.2, -0.15) is 0 Å². The maximum absolute atomic E-state index is 12.8. The lowest BCUT2D eigenvalue weighted by Crippen LogP contribution is -2.01. The highest BCUT2D eigenvalue weighted by Crippen LogP contribution is 2.17. The van der Waals surface area contributed by atoms with Gasteiger partial charge in [0.05, 0.1) is 11.6 Å². The van der Waals surface area contributed by atoms with Crippen LogP contribution in [0.1, 0.15) is 12.0 Å². The molecule has 0 saturated carbocycles. The van der Waals surface area contributed by atoms with E-state index in [1.165, 1.54) is 13.2 Å². The van der Waals surface area contributed by atoms with E-state index >= 15 is 0 Å². The Morgan fingerprint density at radius 1 is 1.57 bits per heavy atom. The number of ether oxygens (including phenoxy) is 1. The van der Waals surface area contributed by atoms with Crippen LogP contribution in [0.5, 0.6) is 0 Å². The van der Waals surface area contributed by atoms with Crippen LogP contribution in [0.2, 0.25) is 0 Å². The third-order valence-electron chi connectivity index (χ3n) is 1.83. The summed E-state index contributed by atoms with van der Waals surface area (Å²) in [5.41, 5.74) is 0.906. The van der Waals surface area contributed by atoms with Crippen LogP contribution >= 0.6 is 15.9 Å². The monoisotopic (exact) mass is 260 g/mol. The molecule has 0 heterocycles. The van der Waals surface area contributed by atoms with Crippen LogP contribution in [-0.4, -0.2) is 13.1 Å². The zero-order valence-corrected chi connectivity index (χ0v) is 9.30. The summed E-state index contributed by atoms with van der Waals surface area (Å²) in [6, 6.07) is 4.69. The van der Waals surface area contributed by atoms with Crippen molar-refractivity contribution in [3.05, 3.63) is 34.1 Å². The predicted molar refractivity (Wildman–Crippen MR) is 54.4 cm³/mol. The van der Waals surface area contributed by atoms with Gasteiger partial charge >= 0.3 is 5.97 Å². The Bertz CT molecular complexity index is 339. The number of hydrogen-bond donors (Lipinski definition) is 0. The highest BCUT2D eigenvalue weighted by atomic mass is 79.9. The molecular formula is C10H10BrFO2. The van der Waals surface area contributed by atoms with Crippen molar-refractivity contribution in [2.45, 2.75) is 12.8 Å². The first-order chi connectivity index (χ1) is 6.63. The van der Waals surface area contributed by atoms with Gasteiger partial charge in [-0.15, -0.1) is 0 Å². The Morgan fingerprint density at radius 2 is 2.29 bits per heavy atom. The summed E-state index contributed by atoms with van der Waals surface area (Å²) in [5, 5.41) is 0. The lowest BCUT2D eigenvalue weighted by molar-refractivity contribution is -0.140. The summed E-state index contributed by atoms with van der Waals surface area (Å²) in [4.78, 5) is 10.8. The number of hydrogen-bond acceptors (Lipinski definition) is 2. The van der Waals surface area contributed by atoms with Crippen molar-refractivity contribution >= 4 is 21.9 Å². The maximum Gasteiger partial charge on any atom is 0.305 e. The van der Waals surface area contributed by atoms with E-state index in [-0.39, 0.29) is 11.8 Å². The minimum absolute atomic E-state index is 0.259. The van der Waals surface area contributed by atoms with E-state index in [9.17, 15) is 9.18 Å². The Kier molecular flexibility index (Phi) is 4.07. The van der Waals surface area contributed by atoms with E-state index in [0.29, 0.717) is 17.3 Å². The fourth-order valence-electron chi connectivity index (χ4n) is 1.04. The van der Waals surface area contributed by atoms with Crippen LogP contribution in [0.3, 0.4) is 0 Å². The fraction of sp³-hybridized carbons (Fsp3) is 0.300. The summed E-state index contributed by atoms with van der Waals surface area (Å²) in [6.45, 7) is 0. The molecule has 0 radical (unpaired) electrons. The lowest BCUT2D eigenvalue weighted by atomic mass is 10.1. The van der Waals surface area contributed by atoms with Crippen molar-refractivity contribution in [2.75, 3.05) is 7.11 Å². The summed E-state index contributed by atoms with van der Waals surface area (Å²) in [7, 11) is 1.35. The third-order valence-corrected chi connectivity index (χ3v) is 2.44. The van der Waals surface area contributed by atoms with Crippen LogP contribution in [0, 0.1) is 5.82 Å². The zero-order valence-electron chi connectivity index (χ0n) is 7.72. The number of aryl methyl sites for hydroxylation is 1. The molecule has 0 atom stereocenters. The largest absolute Gasteiger partial charge is 0.469 e. The van der Waals surface area contributed by atoms with Gasteiger partial charge in [0.25, 0.3) is 0 Å². The molecule has 0 saturated heterocycles. The van der Waals surface area contributed by atoms with E-state index < -0.39 is 0 Å². The zero-order chi connectivity index (χ0) is 10.6. The number of rotatable bonds is 3. The van der Waals surface area contributed by atoms with Crippen LogP contribution in [0.25, 0.3) is 0 Å². The number of esters is 1. The van der Waals surface area contributed by atoms with E-state index in [0.717, 1.165) is 5.56 Å². The first kappa shape index (κ1) is 11.2. The molecular weight excluding hydrogens is 251 g/mol. The Hall–Kier alpha value is -0.900. The number of halogens is 2. The van der Waals surface area contributed by atoms with Gasteiger partial charge in [0, 0.05) is 6.42 Å². The topological polar surface area (TPSA) is 26.3 Å². The number of carbonyl (C=O) groups is 1. The molecule has 2 nitrogen and oxygen atoms in total. The second-order valence-corrected chi connectivity index (χ2v) is 3.68. The molecule has 0 aliphatic rings. The highest BCUT2D eigenvalue weighted by molar-refractivity contribution is 9.10. The normalized spacial score (nSPS) is 9.93. The SMILES string of the molecule is COC(=O)CCc1ccc(F)c(Br)c1. The molecule has 0 fully saturated rings. The Balaban J connectivity index is 2.60. The average Bonchev–Trinajstić information content (AvgIpc) is 2.19. The molecule has 1 aromatic rings. The van der Waals surface area contributed by atoms with Gasteiger partial charge in [0.1, 0.15) is 5.82 Å². The fourth-order valence-corrected chi connectivity index (χ4v) is 1.47. The van der Waals surface area contributed by atoms with Gasteiger partial charge < -0.3 is 4.74 Å². The van der Waals surface area contributed by atoms with Crippen molar-refractivity contribution in [3.8, 4) is 0 Å². The maximum atomic E-state index is 12.8. The minimum atomic E-state index is -0.299. The van der Waals surface area contributed by atoms with E-state index in [1.54, 1.807) is 12.1 Å². The molecule has 76 valence electrons. The summed E-state index contributed by atoms with van der Waals surface area (Å²) < 4.78 is 17.7. The molecule has 1 aromatic carbocycles. The van der Waals surface area contributed by atoms with E-state index in [2.05, 4.69) is 20.7 Å². The van der Waals surface area contributed by atoms with Crippen molar-refractivity contribution in [3.63, 3.8) is 0 Å². The van der Waals surface area contributed by atoms with Crippen LogP contribution < -0.4 is 0 Å². The van der Waals surface area contributed by atoms with Crippen molar-refractivity contribution in [1.29, 1.82) is 0 Å². The molecule has 0 bridgehead atoms. The molecule has 4 heteroatoms. The molecule has 0 unspecified atom stereocenters. The molecule has 0 aliphatic carbocycles. The molecule has 1 rings (SSSR count). The lowest BCUT2D eigenvalue weighted by Gasteiger charge is -2.01. The summed E-state index contributed by atoms with van der Waals surface area (Å²) in [6.07, 6.45) is 0.875. The van der Waals surface area contributed by atoms with Gasteiger partial charge in [0.15, 0.2) is 0 Å². The third kappa shape index (κ3) is 3.10. The molecule has 0 aromatic heterocycles. The van der Waals surface area contributed by atoms with Crippen LogP contribution in [-0.2, 0) is 16.0 Å². The van der Waals surface area contributed by atoms with Gasteiger partial charge in [-0.25, -0.2) is 4.39 Å². The van der Waals surface area contributed by atoms with Crippen LogP contribution in [0.4, 0.5) is 4.39 Å². The first-order valence-corrected chi connectivity index (χ1v) is 4.93. The quantitative estimate of drug-likeness (QED) is 0.782. The second-order valence-electron chi connectivity index (χ2n) is 2.82. The first-order valence-electron chi connectivity index (χ1n) is 4.14. The molecule has 0 N–H and O–H groups in total. The Labute approximate surface area is 90.2 Å². The number of benzene rings is 1. The summed E-state index contributed by atoms with van der Waals surface area (Å²) in [5.74, 6) is -0.558. The van der Waals surface area contributed by atoms with Gasteiger partial charge in [-0.3, -0.25) is 4.79 Å². The van der Waals surface area contributed by atoms with Crippen molar-refractivity contribution in [1.82, 2.24) is 0 Å². The highest BCUT2D eigenvalue weighted by Gasteiger charge is 2.03. The van der Waals surface area contributed by atoms with E-state index in [4.69, 9.17) is 0 Å². The minimum Gasteiger partial charge on any atom is -0.469 e. The molecule has 0 aliphatic heterocycles. The predicted octanol–water partition coefficient (Wildman–Crippen LogP) is 2.69. The molecule has 0 spiro atoms. The van der Waals surface area contributed by atoms with Crippen LogP contribution in [0.15, 0.2) is 22.7 Å². The second kappa shape index (κ2) is 5.10. The number of methoxy groups -OCH3 is 1. The number of carbonyl (C=O) groups excluding carboxylic acids is 1. The van der Waals surface area contributed by atoms with Crippen molar-refractivity contribution in [2.24, 2.45) is 0 Å². The Morgan fingerprint density at radius 3 is 2.86 bits per heavy atom. The smallest absolute Gasteiger partial charge is 0.305 e. The molecule has 0 amide bonds. The van der Waals surface area contributed by atoms with Crippen molar-refractivity contribution < 1.29 is 13.9 Å².